The van der Waals surface area contributed by atoms with Crippen LogP contribution < -0.4 is 5.32 Å². The largest absolute Gasteiger partial charge is 0.469 e. The fourth-order valence-corrected chi connectivity index (χ4v) is 3.45. The number of nitrogens with one attached hydrogen (secondary N) is 1. The number of rotatable bonds is 6. The molecule has 1 fully saturated rings. The van der Waals surface area contributed by atoms with Crippen LogP contribution in [0.3, 0.4) is 0 Å². The van der Waals surface area contributed by atoms with Crippen molar-refractivity contribution in [1.29, 1.82) is 0 Å². The molecule has 3 rings (SSSR count). The molecule has 156 valence electrons. The fraction of sp³-hybridized carbons (Fsp3) is 0.500. The maximum Gasteiger partial charge on any atom is 0.308 e. The molecule has 0 saturated carbocycles. The minimum atomic E-state index is -0.109. The highest BCUT2D eigenvalue weighted by Crippen LogP contribution is 2.20. The number of ether oxygens (including phenoxy) is 1. The van der Waals surface area contributed by atoms with E-state index in [1.54, 1.807) is 6.26 Å². The highest BCUT2D eigenvalue weighted by molar-refractivity contribution is 5.80. The number of methoxy groups -OCH3 is 1. The smallest absolute Gasteiger partial charge is 0.308 e. The van der Waals surface area contributed by atoms with Crippen molar-refractivity contribution in [3.05, 3.63) is 41.8 Å². The number of hydrogen-bond acceptors (Lipinski definition) is 5. The van der Waals surface area contributed by atoms with Crippen molar-refractivity contribution in [3.8, 4) is 11.5 Å². The Morgan fingerprint density at radius 3 is 2.69 bits per heavy atom. The summed E-state index contributed by atoms with van der Waals surface area (Å²) in [5.74, 6) is 1.41. The summed E-state index contributed by atoms with van der Waals surface area (Å²) in [4.78, 5) is 23.3. The molecule has 0 radical (unpaired) electrons. The predicted octanol–water partition coefficient (Wildman–Crippen LogP) is 3.04. The molecule has 1 N–H and O–H groups in total. The number of oxazole rings is 1. The Bertz CT molecular complexity index is 821. The van der Waals surface area contributed by atoms with Crippen LogP contribution in [-0.4, -0.2) is 55.1 Å². The summed E-state index contributed by atoms with van der Waals surface area (Å²) < 4.78 is 10.5. The van der Waals surface area contributed by atoms with Crippen LogP contribution in [0.1, 0.15) is 31.0 Å². The van der Waals surface area contributed by atoms with E-state index in [2.05, 4.69) is 41.2 Å². The standard InChI is InChI=1S/C22H30N4O3/c1-4-23-22(26-13-10-18(11-14-26)21(27)28-3)24-12-9-19-15-29-20(25-19)17-7-5-16(2)6-8-17/h5-8,15,18H,4,9-14H2,1-3H3,(H,23,24). The van der Waals surface area contributed by atoms with Crippen molar-refractivity contribution in [3.63, 3.8) is 0 Å². The molecule has 1 aromatic carbocycles. The average molecular weight is 399 g/mol. The summed E-state index contributed by atoms with van der Waals surface area (Å²) >= 11 is 0. The van der Waals surface area contributed by atoms with Crippen LogP contribution in [0.25, 0.3) is 11.5 Å². The Kier molecular flexibility index (Phi) is 7.27. The van der Waals surface area contributed by atoms with Gasteiger partial charge in [-0.2, -0.15) is 0 Å². The molecular weight excluding hydrogens is 368 g/mol. The third-order valence-corrected chi connectivity index (χ3v) is 5.14. The molecule has 2 aromatic rings. The third kappa shape index (κ3) is 5.59. The van der Waals surface area contributed by atoms with Crippen LogP contribution in [0.5, 0.6) is 0 Å². The number of carbonyl (C=O) groups excluding carboxylic acids is 1. The summed E-state index contributed by atoms with van der Waals surface area (Å²) in [6, 6.07) is 8.14. The molecule has 7 nitrogen and oxygen atoms in total. The molecule has 0 spiro atoms. The minimum Gasteiger partial charge on any atom is -0.469 e. The maximum atomic E-state index is 11.7. The Labute approximate surface area is 172 Å². The lowest BCUT2D eigenvalue weighted by Gasteiger charge is -2.33. The first kappa shape index (κ1) is 20.9. The summed E-state index contributed by atoms with van der Waals surface area (Å²) in [6.07, 6.45) is 4.00. The fourth-order valence-electron chi connectivity index (χ4n) is 3.45. The van der Waals surface area contributed by atoms with E-state index < -0.39 is 0 Å². The molecule has 0 bridgehead atoms. The Hall–Kier alpha value is -2.83. The second-order valence-electron chi connectivity index (χ2n) is 7.28. The molecule has 7 heteroatoms. The summed E-state index contributed by atoms with van der Waals surface area (Å²) in [7, 11) is 1.45. The number of likely N-dealkylation sites (tertiary alicyclic amines) is 1. The van der Waals surface area contributed by atoms with Crippen LogP contribution in [-0.2, 0) is 16.0 Å². The van der Waals surface area contributed by atoms with E-state index in [0.29, 0.717) is 18.9 Å². The number of guanidine groups is 1. The van der Waals surface area contributed by atoms with Gasteiger partial charge in [0.1, 0.15) is 6.26 Å². The third-order valence-electron chi connectivity index (χ3n) is 5.14. The van der Waals surface area contributed by atoms with E-state index in [0.717, 1.165) is 49.7 Å². The molecule has 1 aliphatic heterocycles. The van der Waals surface area contributed by atoms with Crippen LogP contribution in [0.15, 0.2) is 39.9 Å². The first-order valence-corrected chi connectivity index (χ1v) is 10.2. The van der Waals surface area contributed by atoms with Crippen LogP contribution >= 0.6 is 0 Å². The van der Waals surface area contributed by atoms with Gasteiger partial charge in [-0.15, -0.1) is 0 Å². The molecule has 0 unspecified atom stereocenters. The van der Waals surface area contributed by atoms with Gasteiger partial charge in [0, 0.05) is 38.2 Å². The number of esters is 1. The molecule has 2 heterocycles. The number of aromatic nitrogens is 1. The monoisotopic (exact) mass is 398 g/mol. The molecule has 0 aliphatic carbocycles. The number of nitrogens with zero attached hydrogens (tertiary/aromatic N) is 3. The van der Waals surface area contributed by atoms with Crippen molar-refractivity contribution >= 4 is 11.9 Å². The zero-order valence-corrected chi connectivity index (χ0v) is 17.5. The molecule has 0 atom stereocenters. The zero-order chi connectivity index (χ0) is 20.6. The van der Waals surface area contributed by atoms with Gasteiger partial charge in [-0.1, -0.05) is 17.7 Å². The van der Waals surface area contributed by atoms with Gasteiger partial charge < -0.3 is 19.4 Å². The number of benzene rings is 1. The van der Waals surface area contributed by atoms with E-state index in [4.69, 9.17) is 14.1 Å². The Morgan fingerprint density at radius 2 is 2.03 bits per heavy atom. The topological polar surface area (TPSA) is 80.0 Å². The van der Waals surface area contributed by atoms with Gasteiger partial charge in [-0.05, 0) is 38.8 Å². The lowest BCUT2D eigenvalue weighted by atomic mass is 9.97. The van der Waals surface area contributed by atoms with Crippen molar-refractivity contribution in [2.75, 3.05) is 33.3 Å². The quantitative estimate of drug-likeness (QED) is 0.458. The highest BCUT2D eigenvalue weighted by atomic mass is 16.5. The van der Waals surface area contributed by atoms with Crippen molar-refractivity contribution in [2.24, 2.45) is 10.9 Å². The minimum absolute atomic E-state index is 0.00514. The van der Waals surface area contributed by atoms with Gasteiger partial charge in [-0.25, -0.2) is 4.98 Å². The second-order valence-corrected chi connectivity index (χ2v) is 7.28. The summed E-state index contributed by atoms with van der Waals surface area (Å²) in [5.41, 5.74) is 3.08. The lowest BCUT2D eigenvalue weighted by molar-refractivity contribution is -0.146. The van der Waals surface area contributed by atoms with Gasteiger partial charge in [0.05, 0.1) is 18.7 Å². The second kappa shape index (κ2) is 10.1. The van der Waals surface area contributed by atoms with E-state index in [-0.39, 0.29) is 11.9 Å². The van der Waals surface area contributed by atoms with E-state index in [9.17, 15) is 4.79 Å². The SMILES string of the molecule is CCNC(=NCCc1coc(-c2ccc(C)cc2)n1)N1CCC(C(=O)OC)CC1. The first-order chi connectivity index (χ1) is 14.1. The van der Waals surface area contributed by atoms with Crippen LogP contribution in [0.2, 0.25) is 0 Å². The Balaban J connectivity index is 1.56. The van der Waals surface area contributed by atoms with Gasteiger partial charge in [-0.3, -0.25) is 9.79 Å². The summed E-state index contributed by atoms with van der Waals surface area (Å²) in [6.45, 7) is 7.14. The van der Waals surface area contributed by atoms with Crippen LogP contribution in [0, 0.1) is 12.8 Å². The predicted molar refractivity (Wildman–Crippen MR) is 113 cm³/mol. The Morgan fingerprint density at radius 1 is 1.31 bits per heavy atom. The number of piperidine rings is 1. The normalized spacial score (nSPS) is 15.4. The zero-order valence-electron chi connectivity index (χ0n) is 17.5. The number of carbonyl (C=O) groups is 1. The highest BCUT2D eigenvalue weighted by Gasteiger charge is 2.26. The molecule has 1 saturated heterocycles. The van der Waals surface area contributed by atoms with Gasteiger partial charge >= 0.3 is 5.97 Å². The van der Waals surface area contributed by atoms with Gasteiger partial charge in [0.25, 0.3) is 0 Å². The summed E-state index contributed by atoms with van der Waals surface area (Å²) in [5, 5.41) is 3.35. The molecule has 29 heavy (non-hydrogen) atoms. The average Bonchev–Trinajstić information content (AvgIpc) is 3.22. The van der Waals surface area contributed by atoms with Crippen LogP contribution in [0.4, 0.5) is 0 Å². The first-order valence-electron chi connectivity index (χ1n) is 10.2. The van der Waals surface area contributed by atoms with Gasteiger partial charge in [0.15, 0.2) is 5.96 Å². The number of aryl methyl sites for hydroxylation is 1. The van der Waals surface area contributed by atoms with Gasteiger partial charge in [0.2, 0.25) is 5.89 Å². The van der Waals surface area contributed by atoms with Crippen molar-refractivity contribution < 1.29 is 13.9 Å². The molecule has 1 aromatic heterocycles. The molecule has 1 aliphatic rings. The maximum absolute atomic E-state index is 11.7. The molecular formula is C22H30N4O3. The molecule has 0 amide bonds. The van der Waals surface area contributed by atoms with Crippen molar-refractivity contribution in [1.82, 2.24) is 15.2 Å². The lowest BCUT2D eigenvalue weighted by Crippen LogP contribution is -2.46. The number of aliphatic imine (C=N–C) groups is 1. The van der Waals surface area contributed by atoms with E-state index in [1.807, 2.05) is 12.1 Å². The van der Waals surface area contributed by atoms with Crippen molar-refractivity contribution in [2.45, 2.75) is 33.1 Å². The van der Waals surface area contributed by atoms with E-state index >= 15 is 0 Å². The van der Waals surface area contributed by atoms with E-state index in [1.165, 1.54) is 12.7 Å². The number of hydrogen-bond donors (Lipinski definition) is 1.